The molecule has 266 valence electrons. The van der Waals surface area contributed by atoms with E-state index in [1.54, 1.807) is 18.2 Å². The van der Waals surface area contributed by atoms with Gasteiger partial charge in [-0.1, -0.05) is 61.4 Å². The van der Waals surface area contributed by atoms with Gasteiger partial charge in [-0.2, -0.15) is 0 Å². The summed E-state index contributed by atoms with van der Waals surface area (Å²) >= 11 is 0. The second-order valence-electron chi connectivity index (χ2n) is 14.9. The van der Waals surface area contributed by atoms with Crippen LogP contribution in [0.25, 0.3) is 0 Å². The van der Waals surface area contributed by atoms with Crippen LogP contribution in [-0.4, -0.2) is 58.2 Å². The number of nitrogens with one attached hydrogen (secondary N) is 1. The number of ether oxygens (including phenoxy) is 2. The van der Waals surface area contributed by atoms with Gasteiger partial charge < -0.3 is 35.2 Å². The van der Waals surface area contributed by atoms with Crippen LogP contribution in [0.5, 0.6) is 28.7 Å². The highest BCUT2D eigenvalue weighted by molar-refractivity contribution is 5.79. The van der Waals surface area contributed by atoms with E-state index in [1.807, 2.05) is 18.2 Å². The number of hydrogen-bond donors (Lipinski definition) is 6. The van der Waals surface area contributed by atoms with Gasteiger partial charge >= 0.3 is 0 Å². The average molecular weight is 683 g/mol. The van der Waals surface area contributed by atoms with E-state index in [-0.39, 0.29) is 83.5 Å². The number of aliphatic hydroxyl groups is 1. The van der Waals surface area contributed by atoms with Crippen LogP contribution < -0.4 is 20.5 Å². The summed E-state index contributed by atoms with van der Waals surface area (Å²) in [6, 6.07) is 17.0. The highest BCUT2D eigenvalue weighted by Gasteiger charge is 2.48. The quantitative estimate of drug-likeness (QED) is 0.0771. The molecular weight excluding hydrogens is 632 g/mol. The molecule has 0 radical (unpaired) electrons. The summed E-state index contributed by atoms with van der Waals surface area (Å²) in [5.74, 6) is -0.391. The van der Waals surface area contributed by atoms with Crippen LogP contribution in [0.2, 0.25) is 0 Å². The van der Waals surface area contributed by atoms with Crippen molar-refractivity contribution >= 4 is 5.78 Å². The molecule has 0 unspecified atom stereocenters. The van der Waals surface area contributed by atoms with Gasteiger partial charge in [0.1, 0.15) is 18.6 Å². The Morgan fingerprint density at radius 2 is 1.80 bits per heavy atom. The summed E-state index contributed by atoms with van der Waals surface area (Å²) in [7, 11) is 0. The second kappa shape index (κ2) is 14.7. The van der Waals surface area contributed by atoms with E-state index in [9.17, 15) is 25.2 Å². The fourth-order valence-electron chi connectivity index (χ4n) is 9.43. The number of carbonyl (C=O) groups is 1. The van der Waals surface area contributed by atoms with Crippen molar-refractivity contribution in [3.63, 3.8) is 0 Å². The Bertz CT molecular complexity index is 1700. The lowest BCUT2D eigenvalue weighted by atomic mass is 9.65. The van der Waals surface area contributed by atoms with Crippen molar-refractivity contribution in [2.45, 2.75) is 88.3 Å². The molecule has 4 aliphatic carbocycles. The lowest BCUT2D eigenvalue weighted by Gasteiger charge is -2.44. The number of benzene rings is 3. The third-order valence-electron chi connectivity index (χ3n) is 11.9. The third-order valence-corrected chi connectivity index (χ3v) is 11.9. The van der Waals surface area contributed by atoms with Crippen LogP contribution in [0.1, 0.15) is 85.5 Å². The standard InChI is InChI=1S/C41H50N2O7/c42-24-49-35-19-26(9-13-32(35)45)8-11-29(44)21-33(46)30-12-10-27-20-28(18-25-6-2-1-3-7-25)37(30)31-22-34(47)39(48)40(38(27)31)50-36-14-17-43-23-41(36)15-4-5-16-41/h1-3,6-7,9-10,12-13,19,22,27-28,30,33,36-37,43,45-48H,4-5,8,11,14-18,20-21,23-24,42H2/t27-,28-,30-,33-,36+,37-/m0/s1. The molecule has 9 nitrogen and oxygen atoms in total. The van der Waals surface area contributed by atoms with Gasteiger partial charge in [0.2, 0.25) is 5.75 Å². The van der Waals surface area contributed by atoms with Crippen molar-refractivity contribution in [3.8, 4) is 28.7 Å². The molecule has 9 heteroatoms. The number of ketones is 1. The summed E-state index contributed by atoms with van der Waals surface area (Å²) in [6.07, 6.45) is 10.7. The lowest BCUT2D eigenvalue weighted by Crippen LogP contribution is -2.51. The number of phenolic OH excluding ortho intramolecular Hbond substituents is 3. The summed E-state index contributed by atoms with van der Waals surface area (Å²) in [4.78, 5) is 13.4. The van der Waals surface area contributed by atoms with Gasteiger partial charge in [0.05, 0.1) is 6.10 Å². The topological polar surface area (TPSA) is 154 Å². The maximum atomic E-state index is 13.4. The Balaban J connectivity index is 1.18. The number of carbonyl (C=O) groups excluding carboxylic acids is 1. The number of Topliss-reactive ketones (excluding diaryl/α,β-unsaturated/α-hetero) is 1. The zero-order valence-corrected chi connectivity index (χ0v) is 28.6. The second-order valence-corrected chi connectivity index (χ2v) is 14.9. The fraction of sp³-hybridized carbons (Fsp3) is 0.488. The molecule has 7 N–H and O–H groups in total. The summed E-state index contributed by atoms with van der Waals surface area (Å²) in [5, 5.41) is 48.1. The van der Waals surface area contributed by atoms with Gasteiger partial charge in [0, 0.05) is 42.2 Å². The van der Waals surface area contributed by atoms with Gasteiger partial charge in [0.15, 0.2) is 23.0 Å². The first-order valence-corrected chi connectivity index (χ1v) is 18.3. The number of nitrogens with two attached hydrogens (primary N) is 1. The molecule has 0 aromatic heterocycles. The maximum Gasteiger partial charge on any atom is 0.200 e. The number of rotatable bonds is 12. The number of hydrogen-bond acceptors (Lipinski definition) is 9. The van der Waals surface area contributed by atoms with Gasteiger partial charge in [0.25, 0.3) is 0 Å². The van der Waals surface area contributed by atoms with Crippen LogP contribution in [0.4, 0.5) is 0 Å². The largest absolute Gasteiger partial charge is 0.504 e. The van der Waals surface area contributed by atoms with Gasteiger partial charge in [-0.05, 0) is 91.8 Å². The molecule has 1 spiro atoms. The monoisotopic (exact) mass is 682 g/mol. The molecule has 1 saturated heterocycles. The molecule has 3 aromatic rings. The first-order chi connectivity index (χ1) is 24.3. The molecule has 1 aliphatic heterocycles. The van der Waals surface area contributed by atoms with Crippen LogP contribution in [0.15, 0.2) is 66.7 Å². The number of phenols is 3. The van der Waals surface area contributed by atoms with Crippen molar-refractivity contribution in [2.24, 2.45) is 23.0 Å². The van der Waals surface area contributed by atoms with Crippen LogP contribution in [0.3, 0.4) is 0 Å². The van der Waals surface area contributed by atoms with E-state index in [0.717, 1.165) is 74.7 Å². The van der Waals surface area contributed by atoms with E-state index in [1.165, 1.54) is 11.6 Å². The van der Waals surface area contributed by atoms with Crippen LogP contribution in [-0.2, 0) is 17.6 Å². The summed E-state index contributed by atoms with van der Waals surface area (Å²) < 4.78 is 12.2. The molecule has 1 heterocycles. The van der Waals surface area contributed by atoms with Gasteiger partial charge in [-0.3, -0.25) is 10.5 Å². The normalized spacial score (nSPS) is 25.6. The van der Waals surface area contributed by atoms with E-state index >= 15 is 0 Å². The average Bonchev–Trinajstić information content (AvgIpc) is 3.42. The minimum Gasteiger partial charge on any atom is -0.504 e. The molecule has 2 fully saturated rings. The zero-order valence-electron chi connectivity index (χ0n) is 28.6. The van der Waals surface area contributed by atoms with Crippen molar-refractivity contribution in [1.82, 2.24) is 5.32 Å². The van der Waals surface area contributed by atoms with Crippen LogP contribution in [0, 0.1) is 17.3 Å². The lowest BCUT2D eigenvalue weighted by molar-refractivity contribution is -0.121. The first-order valence-electron chi connectivity index (χ1n) is 18.3. The molecular formula is C41H50N2O7. The number of allylic oxidation sites excluding steroid dienone is 1. The summed E-state index contributed by atoms with van der Waals surface area (Å²) in [6.45, 7) is 1.66. The van der Waals surface area contributed by atoms with Crippen LogP contribution >= 0.6 is 0 Å². The SMILES string of the molecule is NCOc1cc(CCC(=O)C[C@H](O)[C@@H]2C=C[C@H]3C[C@H](Cc4ccccc4)[C@@H]2c2cc(O)c(O)c(O[C@@H]4CCNCC45CCCC5)c23)ccc1O. The Hall–Kier alpha value is -4.05. The fourth-order valence-corrected chi connectivity index (χ4v) is 9.43. The Labute approximate surface area is 294 Å². The zero-order chi connectivity index (χ0) is 34.8. The Morgan fingerprint density at radius 3 is 2.58 bits per heavy atom. The number of aliphatic hydroxyl groups excluding tert-OH is 1. The van der Waals surface area contributed by atoms with Crippen molar-refractivity contribution in [1.29, 1.82) is 0 Å². The Kier molecular flexibility index (Phi) is 10.1. The van der Waals surface area contributed by atoms with Crippen molar-refractivity contribution in [2.75, 3.05) is 19.8 Å². The molecule has 50 heavy (non-hydrogen) atoms. The molecule has 5 aliphatic rings. The molecule has 8 rings (SSSR count). The van der Waals surface area contributed by atoms with E-state index in [2.05, 4.69) is 29.6 Å². The smallest absolute Gasteiger partial charge is 0.200 e. The predicted octanol–water partition coefficient (Wildman–Crippen LogP) is 5.97. The third kappa shape index (κ3) is 6.83. The van der Waals surface area contributed by atoms with Crippen molar-refractivity contribution in [3.05, 3.63) is 89.0 Å². The highest BCUT2D eigenvalue weighted by Crippen LogP contribution is 2.59. The number of piperidine rings is 1. The minimum atomic E-state index is -0.950. The minimum absolute atomic E-state index is 0.0106. The number of aryl methyl sites for hydroxylation is 1. The van der Waals surface area contributed by atoms with E-state index < -0.39 is 6.10 Å². The van der Waals surface area contributed by atoms with Gasteiger partial charge in [-0.15, -0.1) is 0 Å². The molecule has 2 bridgehead atoms. The predicted molar refractivity (Wildman–Crippen MR) is 191 cm³/mol. The Morgan fingerprint density at radius 1 is 1.00 bits per heavy atom. The van der Waals surface area contributed by atoms with Crippen molar-refractivity contribution < 1.29 is 34.7 Å². The molecule has 3 aromatic carbocycles. The van der Waals surface area contributed by atoms with E-state index in [4.69, 9.17) is 15.2 Å². The maximum absolute atomic E-state index is 13.4. The van der Waals surface area contributed by atoms with E-state index in [0.29, 0.717) is 12.2 Å². The summed E-state index contributed by atoms with van der Waals surface area (Å²) in [5.41, 5.74) is 9.31. The molecule has 1 saturated carbocycles. The van der Waals surface area contributed by atoms with Gasteiger partial charge in [-0.25, -0.2) is 0 Å². The molecule has 0 amide bonds. The number of fused-ring (bicyclic) bond motifs is 2. The number of aromatic hydroxyl groups is 3. The first kappa shape index (κ1) is 34.4. The molecule has 6 atom stereocenters. The highest BCUT2D eigenvalue weighted by atomic mass is 16.5.